The van der Waals surface area contributed by atoms with Gasteiger partial charge in [0.25, 0.3) is 0 Å². The van der Waals surface area contributed by atoms with Gasteiger partial charge < -0.3 is 14.0 Å². The van der Waals surface area contributed by atoms with E-state index in [4.69, 9.17) is 9.47 Å². The molecule has 160 valence electrons. The van der Waals surface area contributed by atoms with Gasteiger partial charge in [-0.25, -0.2) is 4.98 Å². The molecule has 0 aromatic carbocycles. The van der Waals surface area contributed by atoms with Crippen LogP contribution >= 0.6 is 0 Å². The second-order valence-corrected chi connectivity index (χ2v) is 7.95. The Morgan fingerprint density at radius 2 is 2.00 bits per heavy atom. The Hall–Kier alpha value is -2.73. The first kappa shape index (κ1) is 22.0. The summed E-state index contributed by atoms with van der Waals surface area (Å²) in [6.45, 7) is 7.93. The molecule has 0 radical (unpaired) electrons. The van der Waals surface area contributed by atoms with Crippen molar-refractivity contribution in [1.82, 2.24) is 9.55 Å². The van der Waals surface area contributed by atoms with Crippen molar-refractivity contribution in [3.8, 4) is 0 Å². The third kappa shape index (κ3) is 3.97. The number of Topliss-reactive ketones (excluding diaryl/α,β-unsaturated/α-hetero) is 2. The van der Waals surface area contributed by atoms with Crippen molar-refractivity contribution in [2.75, 3.05) is 14.2 Å². The first-order valence-corrected chi connectivity index (χ1v) is 10.3. The van der Waals surface area contributed by atoms with Gasteiger partial charge in [-0.2, -0.15) is 0 Å². The molecule has 0 spiro atoms. The van der Waals surface area contributed by atoms with Gasteiger partial charge in [0, 0.05) is 48.4 Å². The van der Waals surface area contributed by atoms with E-state index in [1.54, 1.807) is 20.4 Å². The molecule has 1 aliphatic rings. The van der Waals surface area contributed by atoms with Crippen molar-refractivity contribution >= 4 is 22.6 Å². The second kappa shape index (κ2) is 8.96. The van der Waals surface area contributed by atoms with Crippen LogP contribution in [0.1, 0.15) is 62.1 Å². The summed E-state index contributed by atoms with van der Waals surface area (Å²) in [5, 5.41) is 0.835. The Bertz CT molecular complexity index is 1040. The second-order valence-electron chi connectivity index (χ2n) is 7.95. The molecule has 2 heterocycles. The van der Waals surface area contributed by atoms with Crippen LogP contribution in [-0.4, -0.2) is 41.4 Å². The summed E-state index contributed by atoms with van der Waals surface area (Å²) in [4.78, 5) is 30.3. The summed E-state index contributed by atoms with van der Waals surface area (Å²) in [5.41, 5.74) is 3.88. The van der Waals surface area contributed by atoms with Gasteiger partial charge in [-0.1, -0.05) is 5.57 Å². The third-order valence-corrected chi connectivity index (χ3v) is 6.02. The van der Waals surface area contributed by atoms with Crippen LogP contribution < -0.4 is 0 Å². The van der Waals surface area contributed by atoms with Crippen LogP contribution in [0.5, 0.6) is 0 Å². The molecule has 6 heteroatoms. The van der Waals surface area contributed by atoms with Gasteiger partial charge in [0.15, 0.2) is 11.6 Å². The molecule has 6 nitrogen and oxygen atoms in total. The molecule has 0 amide bonds. The Kier molecular flexibility index (Phi) is 6.56. The molecular formula is C24H30N2O4. The van der Waals surface area contributed by atoms with Crippen LogP contribution in [0, 0.1) is 6.92 Å². The fraction of sp³-hybridized carbons (Fsp3) is 0.458. The number of fused-ring (bicyclic) bond motifs is 1. The minimum atomic E-state index is -0.0337. The van der Waals surface area contributed by atoms with E-state index in [1.807, 2.05) is 39.0 Å². The predicted molar refractivity (Wildman–Crippen MR) is 117 cm³/mol. The van der Waals surface area contributed by atoms with E-state index in [0.717, 1.165) is 22.3 Å². The van der Waals surface area contributed by atoms with Crippen molar-refractivity contribution in [3.63, 3.8) is 0 Å². The highest BCUT2D eigenvalue weighted by Crippen LogP contribution is 2.32. The molecular weight excluding hydrogens is 380 g/mol. The molecule has 3 rings (SSSR count). The molecule has 0 saturated heterocycles. The number of ketones is 2. The number of hydrogen-bond acceptors (Lipinski definition) is 5. The van der Waals surface area contributed by atoms with Crippen LogP contribution in [0.15, 0.2) is 41.3 Å². The van der Waals surface area contributed by atoms with Crippen molar-refractivity contribution in [2.45, 2.75) is 59.1 Å². The summed E-state index contributed by atoms with van der Waals surface area (Å²) in [6, 6.07) is 3.79. The number of carbonyl (C=O) groups excluding carboxylic acids is 2. The molecule has 0 fully saturated rings. The van der Waals surface area contributed by atoms with Crippen LogP contribution in [0.25, 0.3) is 11.0 Å². The Labute approximate surface area is 177 Å². The Morgan fingerprint density at radius 1 is 1.27 bits per heavy atom. The van der Waals surface area contributed by atoms with Crippen LogP contribution in [0.3, 0.4) is 0 Å². The number of allylic oxidation sites excluding steroid dienone is 3. The fourth-order valence-electron chi connectivity index (χ4n) is 4.18. The average molecular weight is 411 g/mol. The Morgan fingerprint density at radius 3 is 2.67 bits per heavy atom. The summed E-state index contributed by atoms with van der Waals surface area (Å²) in [5.74, 6) is 0.603. The van der Waals surface area contributed by atoms with Gasteiger partial charge >= 0.3 is 0 Å². The van der Waals surface area contributed by atoms with Gasteiger partial charge in [0.05, 0.1) is 19.3 Å². The molecule has 30 heavy (non-hydrogen) atoms. The summed E-state index contributed by atoms with van der Waals surface area (Å²) in [6.07, 6.45) is 4.57. The fourth-order valence-corrected chi connectivity index (χ4v) is 4.18. The normalized spacial score (nSPS) is 16.6. The maximum absolute atomic E-state index is 13.3. The van der Waals surface area contributed by atoms with Crippen LogP contribution in [-0.2, 0) is 14.3 Å². The molecule has 1 aliphatic carbocycles. The minimum absolute atomic E-state index is 0.00329. The van der Waals surface area contributed by atoms with Gasteiger partial charge in [0.1, 0.15) is 11.4 Å². The maximum atomic E-state index is 13.3. The van der Waals surface area contributed by atoms with E-state index in [0.29, 0.717) is 29.7 Å². The maximum Gasteiger partial charge on any atom is 0.166 e. The number of pyridine rings is 1. The average Bonchev–Trinajstić information content (AvgIpc) is 3.02. The molecule has 0 saturated carbocycles. The van der Waals surface area contributed by atoms with Crippen LogP contribution in [0.4, 0.5) is 0 Å². The van der Waals surface area contributed by atoms with Crippen LogP contribution in [0.2, 0.25) is 0 Å². The predicted octanol–water partition coefficient (Wildman–Crippen LogP) is 4.72. The molecule has 2 aromatic rings. The lowest BCUT2D eigenvalue weighted by Gasteiger charge is -2.22. The first-order valence-electron chi connectivity index (χ1n) is 10.3. The Balaban J connectivity index is 1.96. The largest absolute Gasteiger partial charge is 0.496 e. The summed E-state index contributed by atoms with van der Waals surface area (Å²) in [7, 11) is 3.24. The highest BCUT2D eigenvalue weighted by atomic mass is 16.5. The monoisotopic (exact) mass is 410 g/mol. The smallest absolute Gasteiger partial charge is 0.166 e. The minimum Gasteiger partial charge on any atom is -0.496 e. The molecule has 0 aliphatic heterocycles. The van der Waals surface area contributed by atoms with E-state index in [9.17, 15) is 9.59 Å². The number of ether oxygens (including phenoxy) is 2. The molecule has 2 atom stereocenters. The zero-order valence-corrected chi connectivity index (χ0v) is 18.6. The van der Waals surface area contributed by atoms with Crippen molar-refractivity contribution < 1.29 is 19.1 Å². The summed E-state index contributed by atoms with van der Waals surface area (Å²) >= 11 is 0. The summed E-state index contributed by atoms with van der Waals surface area (Å²) < 4.78 is 13.0. The number of methoxy groups -OCH3 is 2. The van der Waals surface area contributed by atoms with E-state index in [2.05, 4.69) is 16.5 Å². The highest BCUT2D eigenvalue weighted by Gasteiger charge is 2.27. The van der Waals surface area contributed by atoms with Crippen molar-refractivity contribution in [1.29, 1.82) is 0 Å². The molecule has 0 N–H and O–H groups in total. The lowest BCUT2D eigenvalue weighted by atomic mass is 9.91. The third-order valence-electron chi connectivity index (χ3n) is 6.02. The highest BCUT2D eigenvalue weighted by molar-refractivity contribution is 6.09. The standard InChI is InChI=1S/C24H30N2O4/c1-14-12-21(28)18(22(13-14)30-6)9-10-20(27)23-16(3)26(15(2)17(4)29-5)24-19(23)8-7-11-25-24/h7-8,11,13,15,17H,9-10,12H2,1-6H3. The van der Waals surface area contributed by atoms with Gasteiger partial charge in [-0.15, -0.1) is 0 Å². The quantitative estimate of drug-likeness (QED) is 0.589. The lowest BCUT2D eigenvalue weighted by molar-refractivity contribution is -0.115. The van der Waals surface area contributed by atoms with Crippen molar-refractivity contribution in [3.05, 3.63) is 52.6 Å². The van der Waals surface area contributed by atoms with E-state index in [-0.39, 0.29) is 30.1 Å². The van der Waals surface area contributed by atoms with Gasteiger partial charge in [-0.05, 0) is 52.3 Å². The molecule has 2 aromatic heterocycles. The van der Waals surface area contributed by atoms with Gasteiger partial charge in [-0.3, -0.25) is 9.59 Å². The molecule has 0 bridgehead atoms. The first-order chi connectivity index (χ1) is 14.3. The number of carbonyl (C=O) groups is 2. The zero-order chi connectivity index (χ0) is 22.0. The SMILES string of the molecule is COC1=C(CCC(=O)c2c(C)n(C(C)C(C)OC)c3ncccc23)C(=O)CC(C)=C1. The van der Waals surface area contributed by atoms with Gasteiger partial charge in [0.2, 0.25) is 0 Å². The van der Waals surface area contributed by atoms with E-state index >= 15 is 0 Å². The lowest BCUT2D eigenvalue weighted by Crippen LogP contribution is -2.22. The number of aromatic nitrogens is 2. The topological polar surface area (TPSA) is 70.4 Å². The number of rotatable bonds is 8. The zero-order valence-electron chi connectivity index (χ0n) is 18.6. The van der Waals surface area contributed by atoms with E-state index in [1.165, 1.54) is 0 Å². The molecule has 2 unspecified atom stereocenters. The number of nitrogens with zero attached hydrogens (tertiary/aromatic N) is 2. The van der Waals surface area contributed by atoms with E-state index < -0.39 is 0 Å². The number of hydrogen-bond donors (Lipinski definition) is 0. The van der Waals surface area contributed by atoms with Crippen molar-refractivity contribution in [2.24, 2.45) is 0 Å².